The third kappa shape index (κ3) is 5.74. The average molecular weight is 791 g/mol. The SMILES string of the molecule is c1ccc(-c2nc(-c3ccc(-c4ccc(C5(c6ccccc6)c6ccccc6-c6ccccc65)cc4)cc3)cc(-c3ccc(-c4cccc5c4oc4ccccc45)cc3)n2)cc1. The number of fused-ring (bicyclic) bond motifs is 6. The van der Waals surface area contributed by atoms with Crippen LogP contribution in [-0.4, -0.2) is 9.97 Å². The fourth-order valence-electron chi connectivity index (χ4n) is 9.71. The molecule has 0 amide bonds. The highest BCUT2D eigenvalue weighted by molar-refractivity contribution is 6.09. The molecule has 0 fully saturated rings. The molecule has 0 unspecified atom stereocenters. The van der Waals surface area contributed by atoms with E-state index in [0.717, 1.165) is 72.3 Å². The van der Waals surface area contributed by atoms with E-state index in [4.69, 9.17) is 14.4 Å². The molecule has 9 aromatic carbocycles. The van der Waals surface area contributed by atoms with Crippen molar-refractivity contribution in [1.82, 2.24) is 9.97 Å². The summed E-state index contributed by atoms with van der Waals surface area (Å²) in [6.07, 6.45) is 0. The largest absolute Gasteiger partial charge is 0.455 e. The lowest BCUT2D eigenvalue weighted by Gasteiger charge is -2.34. The van der Waals surface area contributed by atoms with Crippen molar-refractivity contribution in [2.45, 2.75) is 5.41 Å². The van der Waals surface area contributed by atoms with Gasteiger partial charge in [0.2, 0.25) is 0 Å². The highest BCUT2D eigenvalue weighted by Crippen LogP contribution is 2.56. The molecule has 3 heteroatoms. The first kappa shape index (κ1) is 35.8. The number of nitrogens with zero attached hydrogens (tertiary/aromatic N) is 2. The molecule has 62 heavy (non-hydrogen) atoms. The van der Waals surface area contributed by atoms with Crippen LogP contribution in [0.4, 0.5) is 0 Å². The summed E-state index contributed by atoms with van der Waals surface area (Å²) >= 11 is 0. The maximum atomic E-state index is 6.37. The summed E-state index contributed by atoms with van der Waals surface area (Å²) in [4.78, 5) is 10.2. The summed E-state index contributed by atoms with van der Waals surface area (Å²) in [6.45, 7) is 0. The second-order valence-corrected chi connectivity index (χ2v) is 16.0. The number of furan rings is 1. The molecule has 0 atom stereocenters. The van der Waals surface area contributed by atoms with Gasteiger partial charge in [0.05, 0.1) is 16.8 Å². The molecule has 2 aromatic heterocycles. The van der Waals surface area contributed by atoms with Crippen molar-refractivity contribution in [3.05, 3.63) is 253 Å². The Hall–Kier alpha value is -8.14. The standard InChI is InChI=1S/C59H38N2O/c1-3-14-44(15-4-1)58-60-54(38-55(61-58)43-32-28-41(29-33-43)47-21-13-22-51-50-20-9-12-25-56(50)62-57(47)51)42-30-26-39(27-31-42)40-34-36-46(37-35-40)59(45-16-5-2-6-17-45)52-23-10-7-18-48(52)49-19-8-11-24-53(49)59/h1-38H. The van der Waals surface area contributed by atoms with Crippen molar-refractivity contribution in [2.24, 2.45) is 0 Å². The van der Waals surface area contributed by atoms with Gasteiger partial charge in [-0.2, -0.15) is 0 Å². The molecule has 0 saturated heterocycles. The molecule has 0 saturated carbocycles. The van der Waals surface area contributed by atoms with E-state index in [1.807, 2.05) is 30.3 Å². The Morgan fingerprint density at radius 1 is 0.323 bits per heavy atom. The van der Waals surface area contributed by atoms with Crippen LogP contribution in [0.5, 0.6) is 0 Å². The van der Waals surface area contributed by atoms with Gasteiger partial charge in [-0.3, -0.25) is 0 Å². The molecule has 3 nitrogen and oxygen atoms in total. The van der Waals surface area contributed by atoms with Crippen molar-refractivity contribution in [3.63, 3.8) is 0 Å². The van der Waals surface area contributed by atoms with E-state index in [0.29, 0.717) is 5.82 Å². The lowest BCUT2D eigenvalue weighted by atomic mass is 9.67. The zero-order valence-electron chi connectivity index (χ0n) is 33.7. The van der Waals surface area contributed by atoms with Gasteiger partial charge in [0.1, 0.15) is 11.2 Å². The van der Waals surface area contributed by atoms with E-state index in [1.165, 1.54) is 33.4 Å². The Balaban J connectivity index is 0.892. The van der Waals surface area contributed by atoms with E-state index in [9.17, 15) is 0 Å². The van der Waals surface area contributed by atoms with Crippen LogP contribution < -0.4 is 0 Å². The lowest BCUT2D eigenvalue weighted by molar-refractivity contribution is 0.670. The Morgan fingerprint density at radius 3 is 1.44 bits per heavy atom. The summed E-state index contributed by atoms with van der Waals surface area (Å²) in [7, 11) is 0. The topological polar surface area (TPSA) is 38.9 Å². The van der Waals surface area contributed by atoms with E-state index in [-0.39, 0.29) is 0 Å². The number of aromatic nitrogens is 2. The minimum absolute atomic E-state index is 0.416. The molecular weight excluding hydrogens is 753 g/mol. The molecule has 290 valence electrons. The average Bonchev–Trinajstić information content (AvgIpc) is 3.89. The van der Waals surface area contributed by atoms with Gasteiger partial charge in [0.25, 0.3) is 0 Å². The van der Waals surface area contributed by atoms with E-state index in [1.54, 1.807) is 0 Å². The molecule has 0 radical (unpaired) electrons. The predicted octanol–water partition coefficient (Wildman–Crippen LogP) is 15.1. The quantitative estimate of drug-likeness (QED) is 0.161. The van der Waals surface area contributed by atoms with Gasteiger partial charge in [0, 0.05) is 33.0 Å². The van der Waals surface area contributed by atoms with E-state index >= 15 is 0 Å². The molecule has 12 rings (SSSR count). The highest BCUT2D eigenvalue weighted by Gasteiger charge is 2.45. The number of hydrogen-bond donors (Lipinski definition) is 0. The van der Waals surface area contributed by atoms with Crippen LogP contribution in [0.15, 0.2) is 235 Å². The zero-order valence-corrected chi connectivity index (χ0v) is 33.7. The molecule has 1 aliphatic carbocycles. The summed E-state index contributed by atoms with van der Waals surface area (Å²) in [5.41, 5.74) is 18.4. The van der Waals surface area contributed by atoms with Gasteiger partial charge in [-0.25, -0.2) is 9.97 Å². The molecule has 0 bridgehead atoms. The third-order valence-electron chi connectivity index (χ3n) is 12.6. The number of para-hydroxylation sites is 2. The van der Waals surface area contributed by atoms with Crippen LogP contribution in [0.1, 0.15) is 22.3 Å². The van der Waals surface area contributed by atoms with Crippen molar-refractivity contribution in [1.29, 1.82) is 0 Å². The minimum Gasteiger partial charge on any atom is -0.455 e. The fourth-order valence-corrected chi connectivity index (χ4v) is 9.71. The third-order valence-corrected chi connectivity index (χ3v) is 12.6. The Labute approximate surface area is 360 Å². The molecule has 0 aliphatic heterocycles. The smallest absolute Gasteiger partial charge is 0.160 e. The number of rotatable bonds is 7. The van der Waals surface area contributed by atoms with Gasteiger partial charge in [-0.15, -0.1) is 0 Å². The molecule has 2 heterocycles. The first-order valence-electron chi connectivity index (χ1n) is 21.1. The minimum atomic E-state index is -0.416. The first-order chi connectivity index (χ1) is 30.7. The number of benzene rings is 9. The van der Waals surface area contributed by atoms with Gasteiger partial charge in [-0.1, -0.05) is 218 Å². The fraction of sp³-hybridized carbons (Fsp3) is 0.0169. The Morgan fingerprint density at radius 2 is 0.790 bits per heavy atom. The van der Waals surface area contributed by atoms with E-state index < -0.39 is 5.41 Å². The van der Waals surface area contributed by atoms with Crippen LogP contribution in [0, 0.1) is 0 Å². The highest BCUT2D eigenvalue weighted by atomic mass is 16.3. The maximum absolute atomic E-state index is 6.37. The maximum Gasteiger partial charge on any atom is 0.160 e. The molecular formula is C59H38N2O. The predicted molar refractivity (Wildman–Crippen MR) is 254 cm³/mol. The van der Waals surface area contributed by atoms with Crippen molar-refractivity contribution >= 4 is 21.9 Å². The van der Waals surface area contributed by atoms with Crippen LogP contribution in [0.25, 0.3) is 89.2 Å². The second-order valence-electron chi connectivity index (χ2n) is 16.0. The molecule has 0 spiro atoms. The zero-order chi connectivity index (χ0) is 41.0. The summed E-state index contributed by atoms with van der Waals surface area (Å²) < 4.78 is 6.37. The normalized spacial score (nSPS) is 12.6. The second kappa shape index (κ2) is 14.5. The Kier molecular flexibility index (Phi) is 8.39. The summed E-state index contributed by atoms with van der Waals surface area (Å²) in [6, 6.07) is 82.2. The lowest BCUT2D eigenvalue weighted by Crippen LogP contribution is -2.28. The van der Waals surface area contributed by atoms with Crippen LogP contribution in [0.3, 0.4) is 0 Å². The first-order valence-corrected chi connectivity index (χ1v) is 21.1. The van der Waals surface area contributed by atoms with Crippen LogP contribution in [0.2, 0.25) is 0 Å². The monoisotopic (exact) mass is 790 g/mol. The van der Waals surface area contributed by atoms with Crippen LogP contribution >= 0.6 is 0 Å². The number of hydrogen-bond acceptors (Lipinski definition) is 3. The van der Waals surface area contributed by atoms with E-state index in [2.05, 4.69) is 200 Å². The van der Waals surface area contributed by atoms with Crippen molar-refractivity contribution < 1.29 is 4.42 Å². The van der Waals surface area contributed by atoms with Gasteiger partial charge >= 0.3 is 0 Å². The van der Waals surface area contributed by atoms with Gasteiger partial charge in [0.15, 0.2) is 5.82 Å². The molecule has 1 aliphatic rings. The van der Waals surface area contributed by atoms with Crippen molar-refractivity contribution in [3.8, 4) is 67.3 Å². The van der Waals surface area contributed by atoms with Crippen LogP contribution in [-0.2, 0) is 5.41 Å². The molecule has 11 aromatic rings. The van der Waals surface area contributed by atoms with Gasteiger partial charge in [-0.05, 0) is 62.2 Å². The Bertz CT molecular complexity index is 3380. The van der Waals surface area contributed by atoms with Crippen molar-refractivity contribution in [2.75, 3.05) is 0 Å². The molecule has 0 N–H and O–H groups in total. The summed E-state index contributed by atoms with van der Waals surface area (Å²) in [5, 5.41) is 2.25. The summed E-state index contributed by atoms with van der Waals surface area (Å²) in [5.74, 6) is 0.691. The van der Waals surface area contributed by atoms with Gasteiger partial charge < -0.3 is 4.42 Å².